The highest BCUT2D eigenvalue weighted by atomic mass is 35.5. The van der Waals surface area contributed by atoms with Crippen LogP contribution in [0.5, 0.6) is 17.2 Å². The Morgan fingerprint density at radius 2 is 1.54 bits per heavy atom. The van der Waals surface area contributed by atoms with Gasteiger partial charge in [-0.25, -0.2) is 8.42 Å². The zero-order valence-electron chi connectivity index (χ0n) is 29.8. The minimum atomic E-state index is -4.38. The first-order valence-corrected chi connectivity index (χ1v) is 19.3. The second-order valence-electron chi connectivity index (χ2n) is 12.7. The molecule has 5 rings (SSSR count). The molecule has 1 N–H and O–H groups in total. The summed E-state index contributed by atoms with van der Waals surface area (Å²) in [7, 11) is -1.51. The molecule has 1 aliphatic rings. The normalized spacial score (nSPS) is 13.8. The molecule has 276 valence electrons. The highest BCUT2D eigenvalue weighted by molar-refractivity contribution is 7.92. The second kappa shape index (κ2) is 18.1. The lowest BCUT2D eigenvalue weighted by Crippen LogP contribution is -2.55. The SMILES string of the molecule is CCOc1ccc(N(CC(=O)N(Cc2cccc(Cl)c2)[C@H](Cc2ccccc2)C(=O)NC2CCCCC2)S(=O)(=O)c2ccc(OC)c(OC)c2)cc1. The third-order valence-corrected chi connectivity index (χ3v) is 11.1. The lowest BCUT2D eigenvalue weighted by Gasteiger charge is -2.35. The number of halogens is 1. The fourth-order valence-corrected chi connectivity index (χ4v) is 8.08. The first-order chi connectivity index (χ1) is 25.1. The van der Waals surface area contributed by atoms with E-state index in [9.17, 15) is 18.0 Å². The van der Waals surface area contributed by atoms with E-state index in [1.165, 1.54) is 37.3 Å². The zero-order valence-corrected chi connectivity index (χ0v) is 31.4. The Kier molecular flexibility index (Phi) is 13.4. The smallest absolute Gasteiger partial charge is 0.264 e. The van der Waals surface area contributed by atoms with Crippen molar-refractivity contribution < 1.29 is 32.2 Å². The average Bonchev–Trinajstić information content (AvgIpc) is 3.16. The van der Waals surface area contributed by atoms with Crippen molar-refractivity contribution in [3.8, 4) is 17.2 Å². The first-order valence-electron chi connectivity index (χ1n) is 17.5. The molecule has 4 aromatic carbocycles. The van der Waals surface area contributed by atoms with E-state index in [0.29, 0.717) is 28.7 Å². The quantitative estimate of drug-likeness (QED) is 0.131. The molecule has 0 spiro atoms. The van der Waals surface area contributed by atoms with Crippen molar-refractivity contribution in [1.82, 2.24) is 10.2 Å². The highest BCUT2D eigenvalue weighted by Gasteiger charge is 2.36. The lowest BCUT2D eigenvalue weighted by atomic mass is 9.94. The topological polar surface area (TPSA) is 114 Å². The van der Waals surface area contributed by atoms with Gasteiger partial charge in [0.25, 0.3) is 10.0 Å². The van der Waals surface area contributed by atoms with Crippen LogP contribution >= 0.6 is 11.6 Å². The zero-order chi connectivity index (χ0) is 37.1. The van der Waals surface area contributed by atoms with Crippen molar-refractivity contribution >= 4 is 39.1 Å². The number of carbonyl (C=O) groups excluding carboxylic acids is 2. The lowest BCUT2D eigenvalue weighted by molar-refractivity contribution is -0.140. The van der Waals surface area contributed by atoms with Gasteiger partial charge >= 0.3 is 0 Å². The van der Waals surface area contributed by atoms with Gasteiger partial charge in [0.05, 0.1) is 31.4 Å². The minimum absolute atomic E-state index is 0.00609. The molecule has 1 saturated carbocycles. The van der Waals surface area contributed by atoms with Gasteiger partial charge in [-0.05, 0) is 79.4 Å². The summed E-state index contributed by atoms with van der Waals surface area (Å²) >= 11 is 6.38. The van der Waals surface area contributed by atoms with E-state index in [2.05, 4.69) is 5.32 Å². The molecule has 0 bridgehead atoms. The van der Waals surface area contributed by atoms with E-state index in [1.807, 2.05) is 43.3 Å². The molecule has 0 saturated heterocycles. The molecular weight excluding hydrogens is 702 g/mol. The summed E-state index contributed by atoms with van der Waals surface area (Å²) in [6.07, 6.45) is 5.10. The molecule has 0 unspecified atom stereocenters. The van der Waals surface area contributed by atoms with Crippen molar-refractivity contribution in [2.45, 2.75) is 69.0 Å². The third kappa shape index (κ3) is 9.77. The maximum Gasteiger partial charge on any atom is 0.264 e. The second-order valence-corrected chi connectivity index (χ2v) is 15.0. The van der Waals surface area contributed by atoms with Crippen LogP contribution in [0.15, 0.2) is 102 Å². The summed E-state index contributed by atoms with van der Waals surface area (Å²) in [5, 5.41) is 3.70. The Morgan fingerprint density at radius 3 is 2.19 bits per heavy atom. The van der Waals surface area contributed by atoms with Crippen LogP contribution in [0.1, 0.15) is 50.2 Å². The Morgan fingerprint density at radius 1 is 0.846 bits per heavy atom. The summed E-state index contributed by atoms with van der Waals surface area (Å²) in [4.78, 5) is 30.5. The van der Waals surface area contributed by atoms with Gasteiger partial charge in [0, 0.05) is 30.1 Å². The number of hydrogen-bond donors (Lipinski definition) is 1. The maximum absolute atomic E-state index is 14.9. The fraction of sp³-hybridized carbons (Fsp3) is 0.350. The van der Waals surface area contributed by atoms with Gasteiger partial charge in [0.15, 0.2) is 11.5 Å². The Bertz CT molecular complexity index is 1900. The number of ether oxygens (including phenoxy) is 3. The fourth-order valence-electron chi connectivity index (χ4n) is 6.44. The van der Waals surface area contributed by atoms with Crippen LogP contribution in [-0.2, 0) is 32.6 Å². The molecule has 0 radical (unpaired) electrons. The predicted molar refractivity (Wildman–Crippen MR) is 203 cm³/mol. The number of sulfonamides is 1. The molecule has 1 fully saturated rings. The van der Waals surface area contributed by atoms with E-state index in [-0.39, 0.29) is 41.2 Å². The molecule has 1 aliphatic carbocycles. The number of anilines is 1. The van der Waals surface area contributed by atoms with E-state index < -0.39 is 28.5 Å². The van der Waals surface area contributed by atoms with Crippen molar-refractivity contribution in [3.05, 3.63) is 113 Å². The monoisotopic (exact) mass is 747 g/mol. The van der Waals surface area contributed by atoms with Gasteiger partial charge in [-0.1, -0.05) is 73.3 Å². The van der Waals surface area contributed by atoms with Crippen LogP contribution in [0, 0.1) is 0 Å². The van der Waals surface area contributed by atoms with Gasteiger partial charge in [-0.15, -0.1) is 0 Å². The van der Waals surface area contributed by atoms with Crippen molar-refractivity contribution in [2.75, 3.05) is 31.7 Å². The number of nitrogens with one attached hydrogen (secondary N) is 1. The largest absolute Gasteiger partial charge is 0.494 e. The number of methoxy groups -OCH3 is 2. The van der Waals surface area contributed by atoms with E-state index >= 15 is 0 Å². The van der Waals surface area contributed by atoms with Crippen LogP contribution in [0.4, 0.5) is 5.69 Å². The molecule has 0 heterocycles. The molecule has 2 amide bonds. The average molecular weight is 748 g/mol. The van der Waals surface area contributed by atoms with E-state index in [4.69, 9.17) is 25.8 Å². The predicted octanol–water partition coefficient (Wildman–Crippen LogP) is 7.04. The number of benzene rings is 4. The number of hydrogen-bond acceptors (Lipinski definition) is 7. The van der Waals surface area contributed by atoms with Crippen LogP contribution in [0.25, 0.3) is 0 Å². The molecule has 0 aromatic heterocycles. The Hall–Kier alpha value is -4.74. The van der Waals surface area contributed by atoms with Crippen molar-refractivity contribution in [1.29, 1.82) is 0 Å². The van der Waals surface area contributed by atoms with Gasteiger partial charge in [0.1, 0.15) is 18.3 Å². The maximum atomic E-state index is 14.9. The number of amides is 2. The Balaban J connectivity index is 1.59. The molecular formula is C40H46ClN3O7S. The van der Waals surface area contributed by atoms with Crippen LogP contribution in [-0.4, -0.2) is 64.6 Å². The summed E-state index contributed by atoms with van der Waals surface area (Å²) in [6.45, 7) is 1.69. The van der Waals surface area contributed by atoms with Crippen LogP contribution in [0.2, 0.25) is 5.02 Å². The van der Waals surface area contributed by atoms with Gasteiger partial charge < -0.3 is 24.4 Å². The van der Waals surface area contributed by atoms with Gasteiger partial charge in [-0.3, -0.25) is 13.9 Å². The van der Waals surface area contributed by atoms with Crippen LogP contribution < -0.4 is 23.8 Å². The minimum Gasteiger partial charge on any atom is -0.494 e. The summed E-state index contributed by atoms with van der Waals surface area (Å²) < 4.78 is 46.5. The first kappa shape index (κ1) is 38.5. The molecule has 1 atom stereocenters. The van der Waals surface area contributed by atoms with Crippen molar-refractivity contribution in [2.24, 2.45) is 0 Å². The molecule has 10 nitrogen and oxygen atoms in total. The molecule has 4 aromatic rings. The summed E-state index contributed by atoms with van der Waals surface area (Å²) in [5.74, 6) is 0.252. The summed E-state index contributed by atoms with van der Waals surface area (Å²) in [5.41, 5.74) is 1.79. The van der Waals surface area contributed by atoms with Crippen LogP contribution in [0.3, 0.4) is 0 Å². The Labute approximate surface area is 311 Å². The molecule has 12 heteroatoms. The van der Waals surface area contributed by atoms with Gasteiger partial charge in [0.2, 0.25) is 11.8 Å². The standard InChI is InChI=1S/C40H46ClN3O7S/c1-4-51-34-20-18-33(19-21-34)44(52(47,48)35-22-23-37(49-2)38(26-35)50-3)28-39(45)43(27-30-14-11-15-31(41)24-30)36(25-29-12-7-5-8-13-29)40(46)42-32-16-9-6-10-17-32/h5,7-8,11-15,18-24,26,32,36H,4,6,9-10,16-17,25,27-28H2,1-3H3,(H,42,46)/t36-/m1/s1. The van der Waals surface area contributed by atoms with Crippen molar-refractivity contribution in [3.63, 3.8) is 0 Å². The number of rotatable bonds is 16. The number of nitrogens with zero attached hydrogens (tertiary/aromatic N) is 2. The van der Waals surface area contributed by atoms with Gasteiger partial charge in [-0.2, -0.15) is 0 Å². The highest BCUT2D eigenvalue weighted by Crippen LogP contribution is 2.33. The summed E-state index contributed by atoms with van der Waals surface area (Å²) in [6, 6.07) is 26.4. The van der Waals surface area contributed by atoms with E-state index in [0.717, 1.165) is 42.0 Å². The molecule has 52 heavy (non-hydrogen) atoms. The number of carbonyl (C=O) groups is 2. The molecule has 0 aliphatic heterocycles. The third-order valence-electron chi connectivity index (χ3n) is 9.12. The van der Waals surface area contributed by atoms with E-state index in [1.54, 1.807) is 42.5 Å².